The van der Waals surface area contributed by atoms with E-state index >= 15 is 0 Å². The van der Waals surface area contributed by atoms with Crippen molar-refractivity contribution in [3.05, 3.63) is 12.2 Å². The lowest BCUT2D eigenvalue weighted by Crippen LogP contribution is -2.25. The quantitative estimate of drug-likeness (QED) is 0.531. The Hall–Kier alpha value is -0.380. The number of aliphatic hydroxyl groups is 1. The highest BCUT2D eigenvalue weighted by atomic mass is 16.5. The van der Waals surface area contributed by atoms with Gasteiger partial charge in [-0.05, 0) is 6.92 Å². The molecule has 1 atom stereocenters. The van der Waals surface area contributed by atoms with Crippen LogP contribution in [0.25, 0.3) is 0 Å². The van der Waals surface area contributed by atoms with Crippen LogP contribution in [0.1, 0.15) is 6.92 Å². The van der Waals surface area contributed by atoms with Gasteiger partial charge in [-0.15, -0.1) is 0 Å². The zero-order chi connectivity index (χ0) is 7.98. The zero-order valence-electron chi connectivity index (χ0n) is 6.34. The third-order valence-corrected chi connectivity index (χ3v) is 0.931. The molecule has 0 aliphatic carbocycles. The van der Waals surface area contributed by atoms with Crippen LogP contribution in [0, 0.1) is 0 Å². The molecule has 0 aliphatic rings. The minimum atomic E-state index is -0.542. The second-order valence-corrected chi connectivity index (χ2v) is 2.36. The Labute approximate surface area is 61.5 Å². The van der Waals surface area contributed by atoms with Crippen LogP contribution in [0.4, 0.5) is 0 Å². The summed E-state index contributed by atoms with van der Waals surface area (Å²) in [5.41, 5.74) is 6.08. The van der Waals surface area contributed by atoms with Crippen molar-refractivity contribution in [1.29, 1.82) is 0 Å². The Morgan fingerprint density at radius 3 is 2.80 bits per heavy atom. The van der Waals surface area contributed by atoms with E-state index < -0.39 is 6.10 Å². The normalized spacial score (nSPS) is 13.1. The van der Waals surface area contributed by atoms with Gasteiger partial charge in [0, 0.05) is 6.54 Å². The Kier molecular flexibility index (Phi) is 5.20. The van der Waals surface area contributed by atoms with E-state index in [0.29, 0.717) is 13.2 Å². The minimum absolute atomic E-state index is 0.246. The van der Waals surface area contributed by atoms with Crippen LogP contribution < -0.4 is 5.73 Å². The van der Waals surface area contributed by atoms with E-state index in [4.69, 9.17) is 15.6 Å². The molecule has 0 bridgehead atoms. The Morgan fingerprint density at radius 2 is 2.40 bits per heavy atom. The van der Waals surface area contributed by atoms with Gasteiger partial charge in [-0.25, -0.2) is 0 Å². The largest absolute Gasteiger partial charge is 0.389 e. The molecule has 0 spiro atoms. The summed E-state index contributed by atoms with van der Waals surface area (Å²) in [6, 6.07) is 0. The Balaban J connectivity index is 3.11. The van der Waals surface area contributed by atoms with Gasteiger partial charge in [0.15, 0.2) is 0 Å². The lowest BCUT2D eigenvalue weighted by atomic mass is 10.3. The summed E-state index contributed by atoms with van der Waals surface area (Å²) in [4.78, 5) is 0. The van der Waals surface area contributed by atoms with Crippen LogP contribution in [-0.2, 0) is 4.74 Å². The van der Waals surface area contributed by atoms with Gasteiger partial charge in [-0.3, -0.25) is 0 Å². The molecule has 0 rings (SSSR count). The zero-order valence-corrected chi connectivity index (χ0v) is 6.34. The summed E-state index contributed by atoms with van der Waals surface area (Å²) >= 11 is 0. The number of aliphatic hydroxyl groups excluding tert-OH is 1. The molecule has 0 heterocycles. The summed E-state index contributed by atoms with van der Waals surface area (Å²) in [6.07, 6.45) is -0.542. The van der Waals surface area contributed by atoms with Gasteiger partial charge in [-0.2, -0.15) is 0 Å². The summed E-state index contributed by atoms with van der Waals surface area (Å²) in [7, 11) is 0. The van der Waals surface area contributed by atoms with Gasteiger partial charge in [0.25, 0.3) is 0 Å². The highest BCUT2D eigenvalue weighted by Crippen LogP contribution is 1.89. The number of hydrogen-bond acceptors (Lipinski definition) is 3. The van der Waals surface area contributed by atoms with Crippen molar-refractivity contribution < 1.29 is 9.84 Å². The van der Waals surface area contributed by atoms with Crippen molar-refractivity contribution in [1.82, 2.24) is 0 Å². The maximum atomic E-state index is 8.89. The maximum absolute atomic E-state index is 8.89. The first-order chi connectivity index (χ1) is 4.66. The highest BCUT2D eigenvalue weighted by molar-refractivity contribution is 4.87. The number of hydrogen-bond donors (Lipinski definition) is 2. The molecule has 0 fully saturated rings. The van der Waals surface area contributed by atoms with Crippen molar-refractivity contribution in [3.63, 3.8) is 0 Å². The van der Waals surface area contributed by atoms with Crippen molar-refractivity contribution in [3.8, 4) is 0 Å². The molecule has 3 nitrogen and oxygen atoms in total. The average molecular weight is 145 g/mol. The molecule has 0 aromatic rings. The molecule has 60 valence electrons. The molecule has 0 aliphatic heterocycles. The third-order valence-electron chi connectivity index (χ3n) is 0.931. The molecule has 0 saturated heterocycles. The molecule has 3 N–H and O–H groups in total. The number of nitrogens with two attached hydrogens (primary N) is 1. The monoisotopic (exact) mass is 145 g/mol. The first-order valence-electron chi connectivity index (χ1n) is 3.27. The standard InChI is InChI=1S/C7H15NO2/c1-6(2)4-10-5-7(9)3-8/h7,9H,1,3-5,8H2,2H3. The Morgan fingerprint density at radius 1 is 1.80 bits per heavy atom. The topological polar surface area (TPSA) is 55.5 Å². The second kappa shape index (κ2) is 5.41. The summed E-state index contributed by atoms with van der Waals surface area (Å²) in [5.74, 6) is 0. The van der Waals surface area contributed by atoms with E-state index in [1.165, 1.54) is 0 Å². The van der Waals surface area contributed by atoms with Gasteiger partial charge in [0.05, 0.1) is 19.3 Å². The summed E-state index contributed by atoms with van der Waals surface area (Å²) < 4.78 is 5.02. The molecule has 10 heavy (non-hydrogen) atoms. The van der Waals surface area contributed by atoms with E-state index in [1.54, 1.807) is 0 Å². The van der Waals surface area contributed by atoms with Gasteiger partial charge in [-0.1, -0.05) is 12.2 Å². The fraction of sp³-hybridized carbons (Fsp3) is 0.714. The van der Waals surface area contributed by atoms with Crippen LogP contribution >= 0.6 is 0 Å². The SMILES string of the molecule is C=C(C)COCC(O)CN. The molecule has 0 amide bonds. The highest BCUT2D eigenvalue weighted by Gasteiger charge is 1.98. The maximum Gasteiger partial charge on any atom is 0.0895 e. The molecular formula is C7H15NO2. The molecule has 3 heteroatoms. The molecule has 0 radical (unpaired) electrons. The fourth-order valence-corrected chi connectivity index (χ4v) is 0.437. The molecule has 0 aromatic carbocycles. The molecule has 0 aromatic heterocycles. The van der Waals surface area contributed by atoms with E-state index in [9.17, 15) is 0 Å². The fourth-order valence-electron chi connectivity index (χ4n) is 0.437. The average Bonchev–Trinajstić information content (AvgIpc) is 1.87. The van der Waals surface area contributed by atoms with Crippen molar-refractivity contribution in [2.75, 3.05) is 19.8 Å². The minimum Gasteiger partial charge on any atom is -0.389 e. The lowest BCUT2D eigenvalue weighted by molar-refractivity contribution is 0.0517. The van der Waals surface area contributed by atoms with Crippen molar-refractivity contribution in [2.24, 2.45) is 5.73 Å². The summed E-state index contributed by atoms with van der Waals surface area (Å²) in [5, 5.41) is 8.89. The number of ether oxygens (including phenoxy) is 1. The summed E-state index contributed by atoms with van der Waals surface area (Å²) in [6.45, 7) is 6.55. The first kappa shape index (κ1) is 9.62. The predicted molar refractivity (Wildman–Crippen MR) is 40.7 cm³/mol. The lowest BCUT2D eigenvalue weighted by Gasteiger charge is -2.07. The van der Waals surface area contributed by atoms with Crippen LogP contribution in [0.15, 0.2) is 12.2 Å². The van der Waals surface area contributed by atoms with Gasteiger partial charge < -0.3 is 15.6 Å². The third kappa shape index (κ3) is 5.75. The molecular weight excluding hydrogens is 130 g/mol. The van der Waals surface area contributed by atoms with Gasteiger partial charge in [0.2, 0.25) is 0 Å². The van der Waals surface area contributed by atoms with Crippen molar-refractivity contribution >= 4 is 0 Å². The van der Waals surface area contributed by atoms with E-state index in [2.05, 4.69) is 6.58 Å². The van der Waals surface area contributed by atoms with Crippen LogP contribution in [0.5, 0.6) is 0 Å². The van der Waals surface area contributed by atoms with Gasteiger partial charge >= 0.3 is 0 Å². The predicted octanol–water partition coefficient (Wildman–Crippen LogP) is -0.101. The Bertz CT molecular complexity index is 104. The van der Waals surface area contributed by atoms with Crippen LogP contribution in [0.3, 0.4) is 0 Å². The van der Waals surface area contributed by atoms with Crippen molar-refractivity contribution in [2.45, 2.75) is 13.0 Å². The van der Waals surface area contributed by atoms with Gasteiger partial charge in [0.1, 0.15) is 0 Å². The van der Waals surface area contributed by atoms with E-state index in [-0.39, 0.29) is 6.54 Å². The van der Waals surface area contributed by atoms with Crippen LogP contribution in [0.2, 0.25) is 0 Å². The second-order valence-electron chi connectivity index (χ2n) is 2.36. The smallest absolute Gasteiger partial charge is 0.0895 e. The van der Waals surface area contributed by atoms with Crippen LogP contribution in [-0.4, -0.2) is 31.0 Å². The first-order valence-corrected chi connectivity index (χ1v) is 3.27. The number of rotatable bonds is 5. The molecule has 1 unspecified atom stereocenters. The van der Waals surface area contributed by atoms with E-state index in [1.807, 2.05) is 6.92 Å². The molecule has 0 saturated carbocycles. The van der Waals surface area contributed by atoms with E-state index in [0.717, 1.165) is 5.57 Å².